The van der Waals surface area contributed by atoms with E-state index in [-0.39, 0.29) is 23.4 Å². The number of imidazole rings is 1. The number of rotatable bonds is 3. The highest BCUT2D eigenvalue weighted by atomic mass is 16.5. The third-order valence-electron chi connectivity index (χ3n) is 6.28. The maximum absolute atomic E-state index is 12.7. The van der Waals surface area contributed by atoms with Crippen LogP contribution >= 0.6 is 0 Å². The third kappa shape index (κ3) is 2.68. The second-order valence-electron chi connectivity index (χ2n) is 7.90. The van der Waals surface area contributed by atoms with E-state index in [1.165, 1.54) is 0 Å². The predicted octanol–water partition coefficient (Wildman–Crippen LogP) is 2.17. The Morgan fingerprint density at radius 2 is 1.93 bits per heavy atom. The van der Waals surface area contributed by atoms with E-state index < -0.39 is 0 Å². The van der Waals surface area contributed by atoms with Gasteiger partial charge in [0.1, 0.15) is 11.2 Å². The number of fused-ring (bicyclic) bond motifs is 2. The predicted molar refractivity (Wildman–Crippen MR) is 105 cm³/mol. The Bertz CT molecular complexity index is 1220. The van der Waals surface area contributed by atoms with Gasteiger partial charge in [-0.25, -0.2) is 19.2 Å². The maximum Gasteiger partial charge on any atom is 0.262 e. The zero-order chi connectivity index (χ0) is 19.4. The third-order valence-corrected chi connectivity index (χ3v) is 6.28. The summed E-state index contributed by atoms with van der Waals surface area (Å²) in [6.45, 7) is 1.43. The SMILES string of the molecule is O=c1[nH]c([C@H]2CC[C@@H]2c2cn3ncccc3n2)nc2c1cnn2C1CCOCC1. The number of ether oxygens (including phenoxy) is 1. The van der Waals surface area contributed by atoms with E-state index in [2.05, 4.69) is 15.2 Å². The van der Waals surface area contributed by atoms with Crippen LogP contribution in [0.3, 0.4) is 0 Å². The number of hydrogen-bond donors (Lipinski definition) is 1. The molecule has 1 N–H and O–H groups in total. The molecule has 4 aromatic heterocycles. The minimum atomic E-state index is -0.120. The average molecular weight is 391 g/mol. The number of H-pyrrole nitrogens is 1. The molecule has 5 heterocycles. The van der Waals surface area contributed by atoms with Crippen LogP contribution in [0, 0.1) is 0 Å². The molecular formula is C20H21N7O2. The summed E-state index contributed by atoms with van der Waals surface area (Å²) < 4.78 is 9.18. The number of aromatic nitrogens is 7. The molecule has 1 aliphatic carbocycles. The van der Waals surface area contributed by atoms with Crippen molar-refractivity contribution in [2.75, 3.05) is 13.2 Å². The van der Waals surface area contributed by atoms with Crippen LogP contribution in [0.1, 0.15) is 55.1 Å². The van der Waals surface area contributed by atoms with Gasteiger partial charge in [0, 0.05) is 31.2 Å². The van der Waals surface area contributed by atoms with Crippen LogP contribution in [-0.2, 0) is 4.74 Å². The quantitative estimate of drug-likeness (QED) is 0.574. The monoisotopic (exact) mass is 391 g/mol. The smallest absolute Gasteiger partial charge is 0.262 e. The largest absolute Gasteiger partial charge is 0.381 e. The van der Waals surface area contributed by atoms with E-state index in [9.17, 15) is 4.79 Å². The summed E-state index contributed by atoms with van der Waals surface area (Å²) in [4.78, 5) is 25.3. The number of nitrogens with zero attached hydrogens (tertiary/aromatic N) is 6. The molecule has 4 aromatic rings. The first-order valence-electron chi connectivity index (χ1n) is 10.1. The van der Waals surface area contributed by atoms with E-state index in [0.717, 1.165) is 42.8 Å². The Balaban J connectivity index is 1.38. The minimum absolute atomic E-state index is 0.120. The van der Waals surface area contributed by atoms with Crippen molar-refractivity contribution in [1.82, 2.24) is 34.3 Å². The van der Waals surface area contributed by atoms with Gasteiger partial charge >= 0.3 is 0 Å². The number of aromatic amines is 1. The van der Waals surface area contributed by atoms with E-state index >= 15 is 0 Å². The van der Waals surface area contributed by atoms with E-state index in [4.69, 9.17) is 14.7 Å². The van der Waals surface area contributed by atoms with Crippen LogP contribution in [0.25, 0.3) is 16.7 Å². The highest BCUT2D eigenvalue weighted by Gasteiger charge is 2.37. The standard InChI is InChI=1S/C20H21N7O2/c28-20-15-10-22-27(12-5-8-29-9-6-12)19(15)24-18(25-20)14-4-3-13(14)16-11-26-17(23-16)2-1-7-21-26/h1-2,7,10-14H,3-6,8-9H2,(H,24,25,28)/t13-,14-/m0/s1. The molecular weight excluding hydrogens is 370 g/mol. The van der Waals surface area contributed by atoms with Gasteiger partial charge in [0.2, 0.25) is 0 Å². The molecule has 9 nitrogen and oxygen atoms in total. The maximum atomic E-state index is 12.7. The van der Waals surface area contributed by atoms with Gasteiger partial charge < -0.3 is 9.72 Å². The van der Waals surface area contributed by atoms with Crippen LogP contribution in [0.15, 0.2) is 35.5 Å². The van der Waals surface area contributed by atoms with E-state index in [1.807, 2.05) is 23.0 Å². The summed E-state index contributed by atoms with van der Waals surface area (Å²) in [7, 11) is 0. The molecule has 148 valence electrons. The molecule has 9 heteroatoms. The van der Waals surface area contributed by atoms with Gasteiger partial charge in [-0.3, -0.25) is 4.79 Å². The number of hydrogen-bond acceptors (Lipinski definition) is 6. The second-order valence-corrected chi connectivity index (χ2v) is 7.90. The van der Waals surface area contributed by atoms with Gasteiger partial charge in [-0.15, -0.1) is 0 Å². The normalized spacial score (nSPS) is 22.9. The van der Waals surface area contributed by atoms with Gasteiger partial charge in [0.25, 0.3) is 5.56 Å². The Kier molecular flexibility index (Phi) is 3.77. The van der Waals surface area contributed by atoms with Gasteiger partial charge in [-0.1, -0.05) is 0 Å². The lowest BCUT2D eigenvalue weighted by Crippen LogP contribution is -2.27. The Hall–Kier alpha value is -3.07. The van der Waals surface area contributed by atoms with Crippen molar-refractivity contribution in [2.24, 2.45) is 0 Å². The first-order valence-corrected chi connectivity index (χ1v) is 10.1. The van der Waals surface area contributed by atoms with Crippen LogP contribution in [0.5, 0.6) is 0 Å². The molecule has 0 spiro atoms. The fraction of sp³-hybridized carbons (Fsp3) is 0.450. The zero-order valence-electron chi connectivity index (χ0n) is 15.9. The fourth-order valence-corrected chi connectivity index (χ4v) is 4.53. The van der Waals surface area contributed by atoms with Crippen molar-refractivity contribution in [3.05, 3.63) is 52.6 Å². The van der Waals surface area contributed by atoms with Gasteiger partial charge in [-0.05, 0) is 37.8 Å². The molecule has 1 aliphatic heterocycles. The molecule has 0 unspecified atom stereocenters. The van der Waals surface area contributed by atoms with Crippen LogP contribution in [0.2, 0.25) is 0 Å². The van der Waals surface area contributed by atoms with Crippen molar-refractivity contribution in [1.29, 1.82) is 0 Å². The molecule has 2 aliphatic rings. The summed E-state index contributed by atoms with van der Waals surface area (Å²) in [5, 5.41) is 9.34. The summed E-state index contributed by atoms with van der Waals surface area (Å²) >= 11 is 0. The molecule has 0 radical (unpaired) electrons. The molecule has 1 saturated heterocycles. The summed E-state index contributed by atoms with van der Waals surface area (Å²) in [6.07, 6.45) is 9.14. The van der Waals surface area contributed by atoms with E-state index in [0.29, 0.717) is 24.2 Å². The average Bonchev–Trinajstić information content (AvgIpc) is 3.32. The van der Waals surface area contributed by atoms with Crippen molar-refractivity contribution in [2.45, 2.75) is 43.6 Å². The van der Waals surface area contributed by atoms with Gasteiger partial charge in [0.15, 0.2) is 11.3 Å². The molecule has 1 saturated carbocycles. The molecule has 0 bridgehead atoms. The molecule has 6 rings (SSSR count). The lowest BCUT2D eigenvalue weighted by Gasteiger charge is -2.34. The summed E-state index contributed by atoms with van der Waals surface area (Å²) in [6, 6.07) is 4.06. The summed E-state index contributed by atoms with van der Waals surface area (Å²) in [5.41, 5.74) is 2.40. The van der Waals surface area contributed by atoms with Gasteiger partial charge in [-0.2, -0.15) is 10.2 Å². The molecule has 29 heavy (non-hydrogen) atoms. The van der Waals surface area contributed by atoms with Crippen molar-refractivity contribution < 1.29 is 4.74 Å². The van der Waals surface area contributed by atoms with Crippen LogP contribution < -0.4 is 5.56 Å². The van der Waals surface area contributed by atoms with Crippen molar-refractivity contribution >= 4 is 16.7 Å². The molecule has 0 aromatic carbocycles. The Labute approximate surface area is 165 Å². The fourth-order valence-electron chi connectivity index (χ4n) is 4.53. The number of nitrogens with one attached hydrogen (secondary N) is 1. The lowest BCUT2D eigenvalue weighted by atomic mass is 9.71. The molecule has 2 fully saturated rings. The first kappa shape index (κ1) is 16.8. The first-order chi connectivity index (χ1) is 14.3. The Morgan fingerprint density at radius 3 is 2.72 bits per heavy atom. The highest BCUT2D eigenvalue weighted by Crippen LogP contribution is 2.47. The Morgan fingerprint density at radius 1 is 1.07 bits per heavy atom. The second kappa shape index (κ2) is 6.48. The minimum Gasteiger partial charge on any atom is -0.381 e. The highest BCUT2D eigenvalue weighted by molar-refractivity contribution is 5.73. The lowest BCUT2D eigenvalue weighted by molar-refractivity contribution is 0.0673. The van der Waals surface area contributed by atoms with Crippen molar-refractivity contribution in [3.8, 4) is 0 Å². The van der Waals surface area contributed by atoms with Crippen LogP contribution in [0.4, 0.5) is 0 Å². The van der Waals surface area contributed by atoms with E-state index in [1.54, 1.807) is 16.9 Å². The van der Waals surface area contributed by atoms with Crippen molar-refractivity contribution in [3.63, 3.8) is 0 Å². The topological polar surface area (TPSA) is 103 Å². The molecule has 0 amide bonds. The molecule has 2 atom stereocenters. The summed E-state index contributed by atoms with van der Waals surface area (Å²) in [5.74, 6) is 1.12. The van der Waals surface area contributed by atoms with Gasteiger partial charge in [0.05, 0.1) is 24.1 Å². The zero-order valence-corrected chi connectivity index (χ0v) is 15.9. The van der Waals surface area contributed by atoms with Crippen LogP contribution in [-0.4, -0.2) is 47.6 Å².